The fraction of sp³-hybridized carbons (Fsp3) is 0. The van der Waals surface area contributed by atoms with E-state index in [4.69, 9.17) is 23.2 Å². The molecule has 0 spiro atoms. The van der Waals surface area contributed by atoms with Crippen LogP contribution < -0.4 is 10.2 Å². The molecule has 1 N–H and O–H groups in total. The van der Waals surface area contributed by atoms with E-state index in [0.717, 1.165) is 9.80 Å². The molecule has 1 heterocycles. The van der Waals surface area contributed by atoms with E-state index in [0.29, 0.717) is 26.3 Å². The summed E-state index contributed by atoms with van der Waals surface area (Å²) in [6, 6.07) is 23.0. The Morgan fingerprint density at radius 2 is 1.31 bits per heavy atom. The quantitative estimate of drug-likeness (QED) is 0.495. The number of rotatable bonds is 5. The van der Waals surface area contributed by atoms with Gasteiger partial charge in [-0.3, -0.25) is 9.59 Å². The first-order chi connectivity index (χ1) is 14.0. The Hall–Kier alpha value is -2.73. The number of carbonyl (C=O) groups is 2. The van der Waals surface area contributed by atoms with Crippen molar-refractivity contribution in [2.75, 3.05) is 10.2 Å². The number of hydrogen-bond acceptors (Lipinski definition) is 4. The van der Waals surface area contributed by atoms with Gasteiger partial charge in [0.1, 0.15) is 10.6 Å². The molecule has 0 fully saturated rings. The van der Waals surface area contributed by atoms with Crippen LogP contribution in [0.2, 0.25) is 10.0 Å². The largest absolute Gasteiger partial charge is 0.350 e. The molecular formula is C22H14Cl2N2O2S. The third-order valence-electron chi connectivity index (χ3n) is 4.20. The lowest BCUT2D eigenvalue weighted by atomic mass is 10.3. The molecule has 0 radical (unpaired) electrons. The highest BCUT2D eigenvalue weighted by molar-refractivity contribution is 8.04. The molecule has 0 unspecified atom stereocenters. The standard InChI is InChI=1S/C22H14Cl2N2O2S/c23-14-6-10-16(11-7-14)25-19-20(29-18-4-2-1-3-5-18)22(28)26(21(19)27)17-12-8-15(24)9-13-17/h1-13,25H. The fourth-order valence-electron chi connectivity index (χ4n) is 2.82. The number of nitrogens with one attached hydrogen (secondary N) is 1. The number of amides is 2. The Bertz CT molecular complexity index is 1100. The maximum absolute atomic E-state index is 13.2. The molecule has 29 heavy (non-hydrogen) atoms. The van der Waals surface area contributed by atoms with Crippen molar-refractivity contribution in [2.24, 2.45) is 0 Å². The Kier molecular flexibility index (Phi) is 5.62. The van der Waals surface area contributed by atoms with Gasteiger partial charge in [-0.05, 0) is 60.7 Å². The van der Waals surface area contributed by atoms with Gasteiger partial charge >= 0.3 is 0 Å². The number of nitrogens with zero attached hydrogens (tertiary/aromatic N) is 1. The van der Waals surface area contributed by atoms with E-state index >= 15 is 0 Å². The number of halogens is 2. The summed E-state index contributed by atoms with van der Waals surface area (Å²) in [7, 11) is 0. The van der Waals surface area contributed by atoms with Crippen molar-refractivity contribution in [2.45, 2.75) is 4.90 Å². The highest BCUT2D eigenvalue weighted by Gasteiger charge is 2.40. The molecule has 144 valence electrons. The van der Waals surface area contributed by atoms with E-state index in [1.165, 1.54) is 11.8 Å². The third kappa shape index (κ3) is 4.17. The molecule has 1 aliphatic rings. The molecular weight excluding hydrogens is 427 g/mol. The first-order valence-corrected chi connectivity index (χ1v) is 10.2. The van der Waals surface area contributed by atoms with E-state index in [9.17, 15) is 9.59 Å². The van der Waals surface area contributed by atoms with Gasteiger partial charge < -0.3 is 5.32 Å². The van der Waals surface area contributed by atoms with Crippen molar-refractivity contribution in [3.05, 3.63) is 99.5 Å². The summed E-state index contributed by atoms with van der Waals surface area (Å²) >= 11 is 13.1. The van der Waals surface area contributed by atoms with Gasteiger partial charge in [0.25, 0.3) is 11.8 Å². The summed E-state index contributed by atoms with van der Waals surface area (Å²) < 4.78 is 0. The first-order valence-electron chi connectivity index (χ1n) is 8.67. The van der Waals surface area contributed by atoms with Crippen molar-refractivity contribution < 1.29 is 9.59 Å². The monoisotopic (exact) mass is 440 g/mol. The number of hydrogen-bond donors (Lipinski definition) is 1. The van der Waals surface area contributed by atoms with Gasteiger partial charge in [0.2, 0.25) is 0 Å². The molecule has 2 amide bonds. The minimum Gasteiger partial charge on any atom is -0.350 e. The maximum atomic E-state index is 13.2. The fourth-order valence-corrected chi connectivity index (χ4v) is 4.02. The van der Waals surface area contributed by atoms with Crippen molar-refractivity contribution in [3.63, 3.8) is 0 Å². The Morgan fingerprint density at radius 1 is 0.724 bits per heavy atom. The molecule has 1 aliphatic heterocycles. The lowest BCUT2D eigenvalue weighted by Crippen LogP contribution is -2.32. The molecule has 7 heteroatoms. The minimum atomic E-state index is -0.425. The average molecular weight is 441 g/mol. The molecule has 0 aliphatic carbocycles. The molecule has 3 aromatic carbocycles. The lowest BCUT2D eigenvalue weighted by Gasteiger charge is -2.15. The molecule has 0 bridgehead atoms. The van der Waals surface area contributed by atoms with Crippen LogP contribution in [0.5, 0.6) is 0 Å². The number of benzene rings is 3. The number of carbonyl (C=O) groups excluding carboxylic acids is 2. The zero-order chi connectivity index (χ0) is 20.4. The topological polar surface area (TPSA) is 49.4 Å². The van der Waals surface area contributed by atoms with Gasteiger partial charge in [-0.1, -0.05) is 53.2 Å². The van der Waals surface area contributed by atoms with Crippen molar-refractivity contribution in [1.29, 1.82) is 0 Å². The summed E-state index contributed by atoms with van der Waals surface area (Å²) in [6.07, 6.45) is 0. The van der Waals surface area contributed by atoms with Crippen LogP contribution in [0, 0.1) is 0 Å². The van der Waals surface area contributed by atoms with Crippen LogP contribution in [0.15, 0.2) is 94.4 Å². The number of imide groups is 1. The molecule has 4 nitrogen and oxygen atoms in total. The highest BCUT2D eigenvalue weighted by Crippen LogP contribution is 2.38. The Labute approximate surface area is 182 Å². The van der Waals surface area contributed by atoms with Crippen LogP contribution in [0.3, 0.4) is 0 Å². The van der Waals surface area contributed by atoms with Crippen molar-refractivity contribution in [3.8, 4) is 0 Å². The van der Waals surface area contributed by atoms with Gasteiger partial charge in [0.05, 0.1) is 5.69 Å². The van der Waals surface area contributed by atoms with Gasteiger partial charge in [-0.25, -0.2) is 4.90 Å². The van der Waals surface area contributed by atoms with E-state index in [1.807, 2.05) is 30.3 Å². The zero-order valence-corrected chi connectivity index (χ0v) is 17.3. The summed E-state index contributed by atoms with van der Waals surface area (Å²) in [5.74, 6) is -0.812. The summed E-state index contributed by atoms with van der Waals surface area (Å²) in [5, 5.41) is 4.20. The second-order valence-corrected chi connectivity index (χ2v) is 8.13. The first kappa shape index (κ1) is 19.6. The zero-order valence-electron chi connectivity index (χ0n) is 14.9. The van der Waals surface area contributed by atoms with Crippen molar-refractivity contribution in [1.82, 2.24) is 0 Å². The van der Waals surface area contributed by atoms with E-state index in [2.05, 4.69) is 5.32 Å². The molecule has 0 atom stereocenters. The van der Waals surface area contributed by atoms with E-state index < -0.39 is 5.91 Å². The van der Waals surface area contributed by atoms with Crippen LogP contribution in [0.1, 0.15) is 0 Å². The van der Waals surface area contributed by atoms with Gasteiger partial charge in [-0.2, -0.15) is 0 Å². The number of thioether (sulfide) groups is 1. The summed E-state index contributed by atoms with van der Waals surface area (Å²) in [4.78, 5) is 28.7. The third-order valence-corrected chi connectivity index (χ3v) is 5.80. The van der Waals surface area contributed by atoms with E-state index in [1.54, 1.807) is 48.5 Å². The predicted molar refractivity (Wildman–Crippen MR) is 118 cm³/mol. The second-order valence-electron chi connectivity index (χ2n) is 6.17. The van der Waals surface area contributed by atoms with Gasteiger partial charge in [0, 0.05) is 20.6 Å². The van der Waals surface area contributed by atoms with Crippen LogP contribution in [0.25, 0.3) is 0 Å². The maximum Gasteiger partial charge on any atom is 0.283 e. The summed E-state index contributed by atoms with van der Waals surface area (Å²) in [5.41, 5.74) is 1.35. The molecule has 4 rings (SSSR count). The SMILES string of the molecule is O=C1C(Nc2ccc(Cl)cc2)=C(Sc2ccccc2)C(=O)N1c1ccc(Cl)cc1. The minimum absolute atomic E-state index is 0.223. The van der Waals surface area contributed by atoms with Crippen LogP contribution >= 0.6 is 35.0 Å². The van der Waals surface area contributed by atoms with E-state index in [-0.39, 0.29) is 11.6 Å². The summed E-state index contributed by atoms with van der Waals surface area (Å²) in [6.45, 7) is 0. The average Bonchev–Trinajstić information content (AvgIpc) is 2.95. The lowest BCUT2D eigenvalue weighted by molar-refractivity contribution is -0.120. The molecule has 0 aromatic heterocycles. The second kappa shape index (κ2) is 8.33. The predicted octanol–water partition coefficient (Wildman–Crippen LogP) is 5.98. The van der Waals surface area contributed by atoms with Crippen LogP contribution in [0.4, 0.5) is 11.4 Å². The molecule has 3 aromatic rings. The molecule has 0 saturated heterocycles. The van der Waals surface area contributed by atoms with Crippen LogP contribution in [-0.4, -0.2) is 11.8 Å². The van der Waals surface area contributed by atoms with Gasteiger partial charge in [0.15, 0.2) is 0 Å². The normalized spacial score (nSPS) is 13.9. The van der Waals surface area contributed by atoms with Crippen LogP contribution in [-0.2, 0) is 9.59 Å². The molecule has 0 saturated carbocycles. The van der Waals surface area contributed by atoms with Gasteiger partial charge in [-0.15, -0.1) is 0 Å². The highest BCUT2D eigenvalue weighted by atomic mass is 35.5. The van der Waals surface area contributed by atoms with Crippen molar-refractivity contribution >= 4 is 58.2 Å². The Balaban J connectivity index is 1.73. The Morgan fingerprint density at radius 3 is 1.93 bits per heavy atom. The smallest absolute Gasteiger partial charge is 0.283 e. The number of anilines is 2.